The molecular weight excluding hydrogens is 476 g/mol. The number of H-pyrrole nitrogens is 1. The van der Waals surface area contributed by atoms with E-state index in [1.165, 1.54) is 32.0 Å². The van der Waals surface area contributed by atoms with Crippen LogP contribution in [0.25, 0.3) is 33.4 Å². The number of methoxy groups -OCH3 is 1. The van der Waals surface area contributed by atoms with Gasteiger partial charge in [0.05, 0.1) is 18.2 Å². The molecule has 1 N–H and O–H groups in total. The Balaban J connectivity index is 0.00000308. The largest absolute Gasteiger partial charge is 0.496 e. The Morgan fingerprint density at radius 2 is 1.89 bits per heavy atom. The predicted molar refractivity (Wildman–Crippen MR) is 153 cm³/mol. The molecular formula is C31H34N4O3. The molecule has 0 bridgehead atoms. The average Bonchev–Trinajstić information content (AvgIpc) is 3.71. The highest BCUT2D eigenvalue weighted by molar-refractivity contribution is 6.07. The topological polar surface area (TPSA) is 70.7 Å². The van der Waals surface area contributed by atoms with Crippen molar-refractivity contribution in [2.45, 2.75) is 19.3 Å². The standard InChI is InChI=1S/C31H32N4O3.H2/c1-3-27(36)35-17-13-21-6-7-23(20-25(21)35)28-29-26(37-2)12-14-32-31(29)33-30(28)22-8-10-24(11-9-22)38-19-18-34-15-4-5-16-34;/h3,6-12,14,20H,1,4-5,13,15-19H2,2H3,(H,32,33);1H. The van der Waals surface area contributed by atoms with Crippen molar-refractivity contribution in [1.29, 1.82) is 0 Å². The number of aromatic amines is 1. The Morgan fingerprint density at radius 3 is 2.66 bits per heavy atom. The van der Waals surface area contributed by atoms with Crippen LogP contribution in [0.5, 0.6) is 11.5 Å². The number of hydrogen-bond acceptors (Lipinski definition) is 5. The van der Waals surface area contributed by atoms with E-state index in [2.05, 4.69) is 51.8 Å². The summed E-state index contributed by atoms with van der Waals surface area (Å²) in [5.41, 5.74) is 6.79. The Bertz CT molecular complexity index is 1490. The molecule has 2 aliphatic rings. The number of amides is 1. The van der Waals surface area contributed by atoms with Gasteiger partial charge in [0.15, 0.2) is 0 Å². The van der Waals surface area contributed by atoms with Crippen molar-refractivity contribution in [2.75, 3.05) is 44.8 Å². The number of hydrogen-bond donors (Lipinski definition) is 1. The quantitative estimate of drug-likeness (QED) is 0.308. The van der Waals surface area contributed by atoms with Crippen molar-refractivity contribution in [3.8, 4) is 33.9 Å². The van der Waals surface area contributed by atoms with Gasteiger partial charge in [0, 0.05) is 32.0 Å². The summed E-state index contributed by atoms with van der Waals surface area (Å²) in [6.07, 6.45) is 6.53. The van der Waals surface area contributed by atoms with Crippen molar-refractivity contribution in [2.24, 2.45) is 0 Å². The van der Waals surface area contributed by atoms with Crippen molar-refractivity contribution >= 4 is 22.6 Å². The summed E-state index contributed by atoms with van der Waals surface area (Å²) in [6.45, 7) is 8.33. The third-order valence-corrected chi connectivity index (χ3v) is 7.60. The first kappa shape index (κ1) is 24.2. The van der Waals surface area contributed by atoms with E-state index < -0.39 is 0 Å². The number of nitrogens with zero attached hydrogens (tertiary/aromatic N) is 3. The van der Waals surface area contributed by atoms with E-state index in [9.17, 15) is 4.79 Å². The van der Waals surface area contributed by atoms with Gasteiger partial charge >= 0.3 is 0 Å². The molecule has 6 rings (SSSR count). The molecule has 0 spiro atoms. The van der Waals surface area contributed by atoms with Crippen LogP contribution in [0.3, 0.4) is 0 Å². The van der Waals surface area contributed by atoms with Crippen LogP contribution in [0.15, 0.2) is 67.4 Å². The van der Waals surface area contributed by atoms with E-state index in [4.69, 9.17) is 9.47 Å². The lowest BCUT2D eigenvalue weighted by Crippen LogP contribution is -2.26. The molecule has 0 atom stereocenters. The first-order chi connectivity index (χ1) is 18.7. The number of aromatic nitrogens is 2. The lowest BCUT2D eigenvalue weighted by molar-refractivity contribution is -0.114. The maximum Gasteiger partial charge on any atom is 0.250 e. The number of benzene rings is 2. The highest BCUT2D eigenvalue weighted by Gasteiger charge is 2.26. The first-order valence-electron chi connectivity index (χ1n) is 13.2. The number of ether oxygens (including phenoxy) is 2. The van der Waals surface area contributed by atoms with Gasteiger partial charge in [-0.05, 0) is 91.5 Å². The molecule has 2 aromatic heterocycles. The predicted octanol–water partition coefficient (Wildman–Crippen LogP) is 5.70. The van der Waals surface area contributed by atoms with Crippen LogP contribution in [0.1, 0.15) is 19.8 Å². The SMILES string of the molecule is C=CC(=O)N1CCc2ccc(-c3c(-c4ccc(OCCN5CCCC5)cc4)[nH]c4nccc(OC)c34)cc21.[HH]. The van der Waals surface area contributed by atoms with Gasteiger partial charge < -0.3 is 19.4 Å². The lowest BCUT2D eigenvalue weighted by Gasteiger charge is -2.17. The zero-order valence-corrected chi connectivity index (χ0v) is 21.7. The second-order valence-electron chi connectivity index (χ2n) is 9.82. The summed E-state index contributed by atoms with van der Waals surface area (Å²) < 4.78 is 11.8. The molecule has 4 aromatic rings. The molecule has 7 heteroatoms. The van der Waals surface area contributed by atoms with Crippen molar-refractivity contribution in [3.05, 3.63) is 72.9 Å². The van der Waals surface area contributed by atoms with Crippen molar-refractivity contribution in [3.63, 3.8) is 0 Å². The van der Waals surface area contributed by atoms with E-state index >= 15 is 0 Å². The smallest absolute Gasteiger partial charge is 0.250 e. The van der Waals surface area contributed by atoms with Gasteiger partial charge in [0.1, 0.15) is 23.8 Å². The fourth-order valence-corrected chi connectivity index (χ4v) is 5.65. The number of carbonyl (C=O) groups is 1. The fraction of sp³-hybridized carbons (Fsp3) is 0.290. The number of anilines is 1. The average molecular weight is 511 g/mol. The molecule has 1 saturated heterocycles. The molecule has 1 amide bonds. The molecule has 0 saturated carbocycles. The van der Waals surface area contributed by atoms with Gasteiger partial charge in [-0.15, -0.1) is 0 Å². The summed E-state index contributed by atoms with van der Waals surface area (Å²) in [5, 5.41) is 0.912. The van der Waals surface area contributed by atoms with Gasteiger partial charge in [0.2, 0.25) is 5.91 Å². The second-order valence-corrected chi connectivity index (χ2v) is 9.82. The fourth-order valence-electron chi connectivity index (χ4n) is 5.65. The minimum Gasteiger partial charge on any atom is -0.496 e. The zero-order chi connectivity index (χ0) is 26.1. The number of nitrogens with one attached hydrogen (secondary N) is 1. The van der Waals surface area contributed by atoms with Crippen LogP contribution in [-0.2, 0) is 11.2 Å². The normalized spacial score (nSPS) is 15.1. The number of pyridine rings is 1. The summed E-state index contributed by atoms with van der Waals surface area (Å²) in [7, 11) is 1.67. The Kier molecular flexibility index (Phi) is 6.60. The molecule has 4 heterocycles. The molecule has 7 nitrogen and oxygen atoms in total. The van der Waals surface area contributed by atoms with E-state index in [-0.39, 0.29) is 7.33 Å². The van der Waals surface area contributed by atoms with Crippen LogP contribution in [0.4, 0.5) is 5.69 Å². The maximum absolute atomic E-state index is 12.5. The van der Waals surface area contributed by atoms with Gasteiger partial charge in [-0.25, -0.2) is 4.98 Å². The van der Waals surface area contributed by atoms with Crippen molar-refractivity contribution < 1.29 is 15.7 Å². The van der Waals surface area contributed by atoms with Gasteiger partial charge in [-0.2, -0.15) is 0 Å². The van der Waals surface area contributed by atoms with E-state index in [0.717, 1.165) is 69.1 Å². The molecule has 38 heavy (non-hydrogen) atoms. The van der Waals surface area contributed by atoms with Crippen LogP contribution in [0, 0.1) is 0 Å². The second kappa shape index (κ2) is 10.3. The van der Waals surface area contributed by atoms with Crippen LogP contribution in [-0.4, -0.2) is 60.7 Å². The first-order valence-corrected chi connectivity index (χ1v) is 13.2. The summed E-state index contributed by atoms with van der Waals surface area (Å²) >= 11 is 0. The highest BCUT2D eigenvalue weighted by atomic mass is 16.5. The molecule has 1 fully saturated rings. The van der Waals surface area contributed by atoms with E-state index in [0.29, 0.717) is 13.2 Å². The summed E-state index contributed by atoms with van der Waals surface area (Å²) in [4.78, 5) is 24.9. The monoisotopic (exact) mass is 510 g/mol. The molecule has 2 aliphatic heterocycles. The minimum absolute atomic E-state index is 0. The highest BCUT2D eigenvalue weighted by Crippen LogP contribution is 2.44. The molecule has 2 aromatic carbocycles. The molecule has 0 unspecified atom stereocenters. The Labute approximate surface area is 224 Å². The third-order valence-electron chi connectivity index (χ3n) is 7.60. The minimum atomic E-state index is -0.0837. The molecule has 0 radical (unpaired) electrons. The lowest BCUT2D eigenvalue weighted by atomic mass is 9.96. The Hall–Kier alpha value is -4.10. The maximum atomic E-state index is 12.5. The van der Waals surface area contributed by atoms with E-state index in [1.54, 1.807) is 18.2 Å². The number of carbonyl (C=O) groups excluding carboxylic acids is 1. The number of fused-ring (bicyclic) bond motifs is 2. The molecule has 196 valence electrons. The number of rotatable bonds is 8. The van der Waals surface area contributed by atoms with E-state index in [1.807, 2.05) is 18.2 Å². The van der Waals surface area contributed by atoms with Gasteiger partial charge in [-0.1, -0.05) is 18.7 Å². The van der Waals surface area contributed by atoms with Crippen LogP contribution < -0.4 is 14.4 Å². The van der Waals surface area contributed by atoms with Crippen LogP contribution in [0.2, 0.25) is 0 Å². The third kappa shape index (κ3) is 4.43. The van der Waals surface area contributed by atoms with Crippen molar-refractivity contribution in [1.82, 2.24) is 14.9 Å². The summed E-state index contributed by atoms with van der Waals surface area (Å²) in [5.74, 6) is 1.52. The zero-order valence-electron chi connectivity index (χ0n) is 21.7. The number of likely N-dealkylation sites (tertiary alicyclic amines) is 1. The van der Waals surface area contributed by atoms with Gasteiger partial charge in [-0.3, -0.25) is 9.69 Å². The summed E-state index contributed by atoms with van der Waals surface area (Å²) in [6, 6.07) is 16.4. The van der Waals surface area contributed by atoms with Gasteiger partial charge in [0.25, 0.3) is 0 Å². The van der Waals surface area contributed by atoms with Crippen LogP contribution >= 0.6 is 0 Å². The molecule has 0 aliphatic carbocycles. The Morgan fingerprint density at radius 1 is 1.11 bits per heavy atom.